The minimum absolute atomic E-state index is 0.653. The molecule has 0 bridgehead atoms. The minimum Gasteiger partial charge on any atom is -0.308 e. The molecular formula is C14H24N2S. The molecule has 0 saturated carbocycles. The Labute approximate surface area is 109 Å². The van der Waals surface area contributed by atoms with Gasteiger partial charge < -0.3 is 5.32 Å². The van der Waals surface area contributed by atoms with Gasteiger partial charge in [0.15, 0.2) is 0 Å². The van der Waals surface area contributed by atoms with E-state index in [0.29, 0.717) is 12.1 Å². The average molecular weight is 252 g/mol. The highest BCUT2D eigenvalue weighted by atomic mass is 32.1. The van der Waals surface area contributed by atoms with E-state index in [1.165, 1.54) is 22.8 Å². The number of rotatable bonds is 4. The summed E-state index contributed by atoms with van der Waals surface area (Å²) < 4.78 is 0. The molecule has 0 radical (unpaired) electrons. The molecule has 1 aromatic rings. The van der Waals surface area contributed by atoms with E-state index in [4.69, 9.17) is 0 Å². The van der Waals surface area contributed by atoms with E-state index in [0.717, 1.165) is 12.5 Å². The number of aryl methyl sites for hydroxylation is 1. The van der Waals surface area contributed by atoms with Crippen LogP contribution in [0.15, 0.2) is 12.1 Å². The molecule has 1 aliphatic heterocycles. The van der Waals surface area contributed by atoms with E-state index in [2.05, 4.69) is 50.0 Å². The predicted octanol–water partition coefficient (Wildman–Crippen LogP) is 2.87. The first kappa shape index (κ1) is 13.1. The van der Waals surface area contributed by atoms with E-state index in [-0.39, 0.29) is 0 Å². The summed E-state index contributed by atoms with van der Waals surface area (Å²) in [6, 6.07) is 5.78. The van der Waals surface area contributed by atoms with Crippen molar-refractivity contribution in [3.05, 3.63) is 21.9 Å². The second-order valence-electron chi connectivity index (χ2n) is 5.52. The van der Waals surface area contributed by atoms with Crippen molar-refractivity contribution < 1.29 is 0 Å². The van der Waals surface area contributed by atoms with Gasteiger partial charge in [0.25, 0.3) is 0 Å². The van der Waals surface area contributed by atoms with Crippen molar-refractivity contribution in [3.63, 3.8) is 0 Å². The second-order valence-corrected chi connectivity index (χ2v) is 6.90. The number of nitrogens with zero attached hydrogens (tertiary/aromatic N) is 1. The summed E-state index contributed by atoms with van der Waals surface area (Å²) in [6.07, 6.45) is 0. The normalized spacial score (nSPS) is 25.9. The van der Waals surface area contributed by atoms with Crippen molar-refractivity contribution in [1.82, 2.24) is 10.2 Å². The third kappa shape index (κ3) is 3.30. The number of nitrogens with one attached hydrogen (secondary N) is 1. The summed E-state index contributed by atoms with van der Waals surface area (Å²) in [4.78, 5) is 5.44. The van der Waals surface area contributed by atoms with Gasteiger partial charge in [-0.25, -0.2) is 0 Å². The molecule has 1 aliphatic rings. The van der Waals surface area contributed by atoms with Crippen LogP contribution < -0.4 is 5.32 Å². The van der Waals surface area contributed by atoms with Crippen LogP contribution in [-0.4, -0.2) is 30.1 Å². The SMILES string of the molecule is Cc1ccc(CN[C@H]2CN(C(C)C)C[C@@H]2C)s1. The lowest BCUT2D eigenvalue weighted by Gasteiger charge is -2.20. The van der Waals surface area contributed by atoms with Crippen molar-refractivity contribution in [2.75, 3.05) is 13.1 Å². The Morgan fingerprint density at radius 1 is 1.41 bits per heavy atom. The summed E-state index contributed by atoms with van der Waals surface area (Å²) in [5, 5.41) is 3.71. The second kappa shape index (κ2) is 5.51. The maximum absolute atomic E-state index is 3.71. The van der Waals surface area contributed by atoms with Gasteiger partial charge in [0, 0.05) is 41.5 Å². The third-order valence-electron chi connectivity index (χ3n) is 3.71. The molecule has 0 spiro atoms. The predicted molar refractivity (Wildman–Crippen MR) is 75.6 cm³/mol. The van der Waals surface area contributed by atoms with Crippen molar-refractivity contribution in [2.24, 2.45) is 5.92 Å². The van der Waals surface area contributed by atoms with Gasteiger partial charge in [0.1, 0.15) is 0 Å². The van der Waals surface area contributed by atoms with E-state index < -0.39 is 0 Å². The Morgan fingerprint density at radius 3 is 2.71 bits per heavy atom. The monoisotopic (exact) mass is 252 g/mol. The van der Waals surface area contributed by atoms with Gasteiger partial charge in [-0.15, -0.1) is 11.3 Å². The van der Waals surface area contributed by atoms with Crippen LogP contribution in [-0.2, 0) is 6.54 Å². The number of likely N-dealkylation sites (tertiary alicyclic amines) is 1. The minimum atomic E-state index is 0.653. The summed E-state index contributed by atoms with van der Waals surface area (Å²) >= 11 is 1.90. The fraction of sp³-hybridized carbons (Fsp3) is 0.714. The van der Waals surface area contributed by atoms with Gasteiger partial charge in [-0.3, -0.25) is 4.90 Å². The Bertz CT molecular complexity index is 359. The summed E-state index contributed by atoms with van der Waals surface area (Å²) in [5.74, 6) is 0.762. The van der Waals surface area contributed by atoms with Crippen molar-refractivity contribution >= 4 is 11.3 Å². The third-order valence-corrected chi connectivity index (χ3v) is 4.71. The first-order valence-corrected chi connectivity index (χ1v) is 7.40. The lowest BCUT2D eigenvalue weighted by molar-refractivity contribution is 0.264. The van der Waals surface area contributed by atoms with Gasteiger partial charge in [-0.05, 0) is 38.8 Å². The highest BCUT2D eigenvalue weighted by Crippen LogP contribution is 2.20. The zero-order valence-electron chi connectivity index (χ0n) is 11.4. The summed E-state index contributed by atoms with van der Waals surface area (Å²) in [5.41, 5.74) is 0. The van der Waals surface area contributed by atoms with Gasteiger partial charge in [-0.2, -0.15) is 0 Å². The van der Waals surface area contributed by atoms with E-state index in [9.17, 15) is 0 Å². The molecular weight excluding hydrogens is 228 g/mol. The Kier molecular flexibility index (Phi) is 4.23. The molecule has 2 heterocycles. The molecule has 2 nitrogen and oxygen atoms in total. The van der Waals surface area contributed by atoms with E-state index in [1.807, 2.05) is 11.3 Å². The van der Waals surface area contributed by atoms with Crippen LogP contribution in [0.5, 0.6) is 0 Å². The maximum atomic E-state index is 3.71. The van der Waals surface area contributed by atoms with Crippen molar-refractivity contribution in [2.45, 2.75) is 46.3 Å². The van der Waals surface area contributed by atoms with E-state index >= 15 is 0 Å². The lowest BCUT2D eigenvalue weighted by atomic mass is 10.1. The molecule has 0 aliphatic carbocycles. The molecule has 1 saturated heterocycles. The van der Waals surface area contributed by atoms with Crippen LogP contribution >= 0.6 is 11.3 Å². The topological polar surface area (TPSA) is 15.3 Å². The summed E-state index contributed by atoms with van der Waals surface area (Å²) in [7, 11) is 0. The Balaban J connectivity index is 1.83. The standard InChI is InChI=1S/C14H24N2S/c1-10(2)16-8-11(3)14(9-16)15-7-13-6-5-12(4)17-13/h5-6,10-11,14-15H,7-9H2,1-4H3/t11-,14-/m0/s1. The number of hydrogen-bond acceptors (Lipinski definition) is 3. The van der Waals surface area contributed by atoms with Crippen LogP contribution in [0.2, 0.25) is 0 Å². The van der Waals surface area contributed by atoms with Crippen LogP contribution in [0.4, 0.5) is 0 Å². The molecule has 96 valence electrons. The van der Waals surface area contributed by atoms with Crippen LogP contribution in [0.1, 0.15) is 30.5 Å². The van der Waals surface area contributed by atoms with Crippen LogP contribution in [0, 0.1) is 12.8 Å². The molecule has 0 amide bonds. The highest BCUT2D eigenvalue weighted by molar-refractivity contribution is 7.11. The lowest BCUT2D eigenvalue weighted by Crippen LogP contribution is -2.36. The highest BCUT2D eigenvalue weighted by Gasteiger charge is 2.30. The number of hydrogen-bond donors (Lipinski definition) is 1. The molecule has 2 rings (SSSR count). The molecule has 1 aromatic heterocycles. The summed E-state index contributed by atoms with van der Waals surface area (Å²) in [6.45, 7) is 12.6. The molecule has 0 unspecified atom stereocenters. The molecule has 17 heavy (non-hydrogen) atoms. The van der Waals surface area contributed by atoms with Crippen molar-refractivity contribution in [3.8, 4) is 0 Å². The van der Waals surface area contributed by atoms with Gasteiger partial charge in [0.2, 0.25) is 0 Å². The Morgan fingerprint density at radius 2 is 2.18 bits per heavy atom. The van der Waals surface area contributed by atoms with Crippen LogP contribution in [0.3, 0.4) is 0 Å². The maximum Gasteiger partial charge on any atom is 0.0303 e. The number of thiophene rings is 1. The van der Waals surface area contributed by atoms with Crippen molar-refractivity contribution in [1.29, 1.82) is 0 Å². The van der Waals surface area contributed by atoms with Gasteiger partial charge in [-0.1, -0.05) is 6.92 Å². The molecule has 1 N–H and O–H groups in total. The largest absolute Gasteiger partial charge is 0.308 e. The quantitative estimate of drug-likeness (QED) is 0.886. The average Bonchev–Trinajstić information content (AvgIpc) is 2.82. The zero-order chi connectivity index (χ0) is 12.4. The fourth-order valence-electron chi connectivity index (χ4n) is 2.50. The van der Waals surface area contributed by atoms with Gasteiger partial charge in [0.05, 0.1) is 0 Å². The first-order chi connectivity index (χ1) is 8.06. The smallest absolute Gasteiger partial charge is 0.0303 e. The van der Waals surface area contributed by atoms with Crippen LogP contribution in [0.25, 0.3) is 0 Å². The fourth-order valence-corrected chi connectivity index (χ4v) is 3.34. The van der Waals surface area contributed by atoms with E-state index in [1.54, 1.807) is 0 Å². The molecule has 1 fully saturated rings. The molecule has 3 heteroatoms. The van der Waals surface area contributed by atoms with Gasteiger partial charge >= 0.3 is 0 Å². The Hall–Kier alpha value is -0.380. The first-order valence-electron chi connectivity index (χ1n) is 6.59. The zero-order valence-corrected chi connectivity index (χ0v) is 12.2. The molecule has 2 atom stereocenters. The molecule has 0 aromatic carbocycles.